The third kappa shape index (κ3) is 5.44. The second-order valence-corrected chi connectivity index (χ2v) is 6.21. The monoisotopic (exact) mass is 360 g/mol. The van der Waals surface area contributed by atoms with Crippen LogP contribution in [0.25, 0.3) is 12.2 Å². The van der Waals surface area contributed by atoms with E-state index in [2.05, 4.69) is 10.5 Å². The number of aromatic carboxylic acids is 1. The first-order valence-electron chi connectivity index (χ1n) is 8.39. The average Bonchev–Trinajstić information content (AvgIpc) is 2.97. The SMILES string of the molecule is Cc1noc(C=Cc2ccccc2OCC(O)CNC(C)C)c1C(=O)O. The highest BCUT2D eigenvalue weighted by molar-refractivity contribution is 5.93. The quantitative estimate of drug-likeness (QED) is 0.631. The molecule has 0 spiro atoms. The Morgan fingerprint density at radius 1 is 1.35 bits per heavy atom. The van der Waals surface area contributed by atoms with Crippen molar-refractivity contribution in [3.05, 3.63) is 46.8 Å². The minimum Gasteiger partial charge on any atom is -0.490 e. The number of para-hydroxylation sites is 1. The summed E-state index contributed by atoms with van der Waals surface area (Å²) in [6, 6.07) is 7.56. The van der Waals surface area contributed by atoms with Gasteiger partial charge in [-0.05, 0) is 25.1 Å². The molecule has 140 valence electrons. The molecular formula is C19H24N2O5. The molecule has 0 aliphatic heterocycles. The van der Waals surface area contributed by atoms with Crippen molar-refractivity contribution in [1.82, 2.24) is 10.5 Å². The van der Waals surface area contributed by atoms with Gasteiger partial charge in [-0.2, -0.15) is 0 Å². The lowest BCUT2D eigenvalue weighted by Gasteiger charge is -2.16. The number of aromatic nitrogens is 1. The lowest BCUT2D eigenvalue weighted by Crippen LogP contribution is -2.35. The normalized spacial score (nSPS) is 12.7. The summed E-state index contributed by atoms with van der Waals surface area (Å²) in [5, 5.41) is 26.0. The van der Waals surface area contributed by atoms with Crippen molar-refractivity contribution in [2.24, 2.45) is 0 Å². The van der Waals surface area contributed by atoms with Crippen molar-refractivity contribution in [2.45, 2.75) is 32.9 Å². The van der Waals surface area contributed by atoms with Crippen molar-refractivity contribution in [2.75, 3.05) is 13.2 Å². The fourth-order valence-electron chi connectivity index (χ4n) is 2.29. The lowest BCUT2D eigenvalue weighted by molar-refractivity contribution is 0.0695. The van der Waals surface area contributed by atoms with Gasteiger partial charge in [-0.3, -0.25) is 0 Å². The number of benzene rings is 1. The molecule has 0 saturated carbocycles. The average molecular weight is 360 g/mol. The molecule has 0 saturated heterocycles. The molecule has 1 atom stereocenters. The third-order valence-electron chi connectivity index (χ3n) is 3.63. The number of aliphatic hydroxyl groups excluding tert-OH is 1. The van der Waals surface area contributed by atoms with Crippen molar-refractivity contribution in [1.29, 1.82) is 0 Å². The number of nitrogens with zero attached hydrogens (tertiary/aromatic N) is 1. The van der Waals surface area contributed by atoms with Gasteiger partial charge in [0.15, 0.2) is 5.76 Å². The van der Waals surface area contributed by atoms with Gasteiger partial charge >= 0.3 is 5.97 Å². The van der Waals surface area contributed by atoms with Crippen LogP contribution in [0, 0.1) is 6.92 Å². The number of aliphatic hydroxyl groups is 1. The molecule has 0 aliphatic rings. The van der Waals surface area contributed by atoms with Gasteiger partial charge < -0.3 is 24.8 Å². The van der Waals surface area contributed by atoms with Gasteiger partial charge in [-0.15, -0.1) is 0 Å². The van der Waals surface area contributed by atoms with Crippen LogP contribution in [-0.4, -0.2) is 46.6 Å². The van der Waals surface area contributed by atoms with E-state index in [1.54, 1.807) is 25.1 Å². The first kappa shape index (κ1) is 19.7. The van der Waals surface area contributed by atoms with Crippen molar-refractivity contribution in [3.8, 4) is 5.75 Å². The summed E-state index contributed by atoms with van der Waals surface area (Å²) < 4.78 is 10.8. The number of aryl methyl sites for hydroxylation is 1. The zero-order valence-corrected chi connectivity index (χ0v) is 15.1. The van der Waals surface area contributed by atoms with Gasteiger partial charge in [0.05, 0.1) is 5.69 Å². The summed E-state index contributed by atoms with van der Waals surface area (Å²) in [7, 11) is 0. The van der Waals surface area contributed by atoms with E-state index in [0.717, 1.165) is 5.56 Å². The highest BCUT2D eigenvalue weighted by Crippen LogP contribution is 2.22. The molecule has 0 aliphatic carbocycles. The Hall–Kier alpha value is -2.64. The van der Waals surface area contributed by atoms with Gasteiger partial charge in [-0.1, -0.05) is 37.2 Å². The number of ether oxygens (including phenoxy) is 1. The fraction of sp³-hybridized carbons (Fsp3) is 0.368. The Labute approximate surface area is 152 Å². The number of carboxylic acid groups (broad SMARTS) is 1. The maximum atomic E-state index is 11.3. The van der Waals surface area contributed by atoms with Gasteiger partial charge in [0.25, 0.3) is 0 Å². The molecule has 1 aromatic heterocycles. The van der Waals surface area contributed by atoms with Crippen molar-refractivity contribution in [3.63, 3.8) is 0 Å². The predicted molar refractivity (Wildman–Crippen MR) is 98.2 cm³/mol. The van der Waals surface area contributed by atoms with Crippen LogP contribution < -0.4 is 10.1 Å². The molecule has 1 unspecified atom stereocenters. The maximum Gasteiger partial charge on any atom is 0.341 e. The first-order chi connectivity index (χ1) is 12.4. The standard InChI is InChI=1S/C19H24N2O5/c1-12(2)20-10-15(22)11-25-16-7-5-4-6-14(16)8-9-17-18(19(23)24)13(3)21-26-17/h4-9,12,15,20,22H,10-11H2,1-3H3,(H,23,24). The van der Waals surface area contributed by atoms with E-state index >= 15 is 0 Å². The van der Waals surface area contributed by atoms with Crippen molar-refractivity contribution < 1.29 is 24.3 Å². The van der Waals surface area contributed by atoms with Gasteiger partial charge in [0.1, 0.15) is 24.0 Å². The van der Waals surface area contributed by atoms with E-state index < -0.39 is 12.1 Å². The number of hydrogen-bond donors (Lipinski definition) is 3. The second kappa shape index (κ2) is 9.17. The van der Waals surface area contributed by atoms with E-state index in [0.29, 0.717) is 18.0 Å². The molecular weight excluding hydrogens is 336 g/mol. The van der Waals surface area contributed by atoms with Crippen LogP contribution in [0.5, 0.6) is 5.75 Å². The summed E-state index contributed by atoms with van der Waals surface area (Å²) >= 11 is 0. The largest absolute Gasteiger partial charge is 0.490 e. The molecule has 0 fully saturated rings. The summed E-state index contributed by atoms with van der Waals surface area (Å²) in [5.74, 6) is -0.333. The topological polar surface area (TPSA) is 105 Å². The van der Waals surface area contributed by atoms with E-state index in [-0.39, 0.29) is 24.0 Å². The maximum absolute atomic E-state index is 11.3. The van der Waals surface area contributed by atoms with E-state index in [1.165, 1.54) is 0 Å². The van der Waals surface area contributed by atoms with E-state index in [9.17, 15) is 15.0 Å². The van der Waals surface area contributed by atoms with Crippen LogP contribution >= 0.6 is 0 Å². The zero-order valence-electron chi connectivity index (χ0n) is 15.1. The summed E-state index contributed by atoms with van der Waals surface area (Å²) in [6.45, 7) is 6.17. The van der Waals surface area contributed by atoms with Crippen LogP contribution in [0.4, 0.5) is 0 Å². The molecule has 7 heteroatoms. The number of carboxylic acids is 1. The third-order valence-corrected chi connectivity index (χ3v) is 3.63. The molecule has 26 heavy (non-hydrogen) atoms. The Morgan fingerprint density at radius 2 is 2.08 bits per heavy atom. The molecule has 1 aromatic carbocycles. The van der Waals surface area contributed by atoms with Gasteiger partial charge in [-0.25, -0.2) is 4.79 Å². The minimum absolute atomic E-state index is 0.0369. The lowest BCUT2D eigenvalue weighted by atomic mass is 10.1. The number of rotatable bonds is 9. The Morgan fingerprint density at radius 3 is 2.77 bits per heavy atom. The molecule has 3 N–H and O–H groups in total. The highest BCUT2D eigenvalue weighted by atomic mass is 16.5. The summed E-state index contributed by atoms with van der Waals surface area (Å²) in [6.07, 6.45) is 2.60. The minimum atomic E-state index is -1.09. The summed E-state index contributed by atoms with van der Waals surface area (Å²) in [4.78, 5) is 11.3. The van der Waals surface area contributed by atoms with Crippen LogP contribution in [0.2, 0.25) is 0 Å². The van der Waals surface area contributed by atoms with Gasteiger partial charge in [0.2, 0.25) is 0 Å². The smallest absolute Gasteiger partial charge is 0.341 e. The zero-order chi connectivity index (χ0) is 19.1. The fourth-order valence-corrected chi connectivity index (χ4v) is 2.29. The Balaban J connectivity index is 2.08. The van der Waals surface area contributed by atoms with E-state index in [4.69, 9.17) is 9.26 Å². The molecule has 7 nitrogen and oxygen atoms in total. The van der Waals surface area contributed by atoms with Gasteiger partial charge in [0, 0.05) is 18.2 Å². The second-order valence-electron chi connectivity index (χ2n) is 6.21. The molecule has 0 radical (unpaired) electrons. The van der Waals surface area contributed by atoms with Crippen molar-refractivity contribution >= 4 is 18.1 Å². The molecule has 1 heterocycles. The number of carbonyl (C=O) groups is 1. The first-order valence-corrected chi connectivity index (χ1v) is 8.39. The number of hydrogen-bond acceptors (Lipinski definition) is 6. The molecule has 0 amide bonds. The molecule has 2 aromatic rings. The molecule has 0 bridgehead atoms. The number of nitrogens with one attached hydrogen (secondary N) is 1. The predicted octanol–water partition coefficient (Wildman–Crippen LogP) is 2.59. The summed E-state index contributed by atoms with van der Waals surface area (Å²) in [5.41, 5.74) is 1.10. The van der Waals surface area contributed by atoms with Crippen LogP contribution in [0.15, 0.2) is 28.8 Å². The molecule has 2 rings (SSSR count). The van der Waals surface area contributed by atoms with E-state index in [1.807, 2.05) is 32.0 Å². The van der Waals surface area contributed by atoms with Crippen LogP contribution in [0.1, 0.15) is 41.2 Å². The van der Waals surface area contributed by atoms with Crippen LogP contribution in [0.3, 0.4) is 0 Å². The highest BCUT2D eigenvalue weighted by Gasteiger charge is 2.17. The Kier molecular flexibility index (Phi) is 6.94. The van der Waals surface area contributed by atoms with Crippen LogP contribution in [-0.2, 0) is 0 Å². The Bertz CT molecular complexity index is 767.